The van der Waals surface area contributed by atoms with Crippen LogP contribution in [-0.2, 0) is 5.75 Å². The highest BCUT2D eigenvalue weighted by Gasteiger charge is 2.07. The fraction of sp³-hybridized carbons (Fsp3) is 0.250. The summed E-state index contributed by atoms with van der Waals surface area (Å²) >= 11 is 3.17. The Kier molecular flexibility index (Phi) is 4.80. The minimum Gasteiger partial charge on any atom is -0.409 e. The van der Waals surface area contributed by atoms with Gasteiger partial charge in [0.2, 0.25) is 5.13 Å². The maximum atomic E-state index is 8.68. The minimum absolute atomic E-state index is 0.114. The summed E-state index contributed by atoms with van der Waals surface area (Å²) in [5, 5.41) is 20.8. The van der Waals surface area contributed by atoms with Gasteiger partial charge in [0, 0.05) is 25.4 Å². The van der Waals surface area contributed by atoms with Gasteiger partial charge in [0.25, 0.3) is 0 Å². The van der Waals surface area contributed by atoms with E-state index < -0.39 is 0 Å². The van der Waals surface area contributed by atoms with Crippen LogP contribution < -0.4 is 10.6 Å². The van der Waals surface area contributed by atoms with Crippen LogP contribution in [-0.4, -0.2) is 35.3 Å². The maximum absolute atomic E-state index is 8.68. The molecule has 106 valence electrons. The predicted molar refractivity (Wildman–Crippen MR) is 82.7 cm³/mol. The molecule has 0 radical (unpaired) electrons. The zero-order valence-electron chi connectivity index (χ0n) is 11.1. The zero-order chi connectivity index (χ0) is 14.5. The zero-order valence-corrected chi connectivity index (χ0v) is 12.8. The summed E-state index contributed by atoms with van der Waals surface area (Å²) in [7, 11) is 3.88. The molecule has 8 heteroatoms. The number of aromatic nitrogens is 2. The van der Waals surface area contributed by atoms with E-state index in [1.54, 1.807) is 29.2 Å². The number of hydrogen-bond donors (Lipinski definition) is 2. The SMILES string of the molecule is CN(C)c1nnc(SCc2cccc(C(N)=NO)c2)s1. The van der Waals surface area contributed by atoms with Gasteiger partial charge >= 0.3 is 0 Å². The number of hydrogen-bond acceptors (Lipinski definition) is 7. The number of rotatable bonds is 5. The quantitative estimate of drug-likeness (QED) is 0.289. The molecule has 2 rings (SSSR count). The summed E-state index contributed by atoms with van der Waals surface area (Å²) in [6.45, 7) is 0. The second-order valence-electron chi connectivity index (χ2n) is 4.22. The van der Waals surface area contributed by atoms with Gasteiger partial charge < -0.3 is 15.8 Å². The average molecular weight is 309 g/mol. The lowest BCUT2D eigenvalue weighted by atomic mass is 10.1. The monoisotopic (exact) mass is 309 g/mol. The van der Waals surface area contributed by atoms with Gasteiger partial charge in [-0.15, -0.1) is 10.2 Å². The van der Waals surface area contributed by atoms with E-state index in [0.717, 1.165) is 20.8 Å². The Balaban J connectivity index is 2.03. The Bertz CT molecular complexity index is 611. The Hall–Kier alpha value is -1.80. The number of nitrogens with two attached hydrogens (primary N) is 1. The lowest BCUT2D eigenvalue weighted by Gasteiger charge is -2.04. The summed E-state index contributed by atoms with van der Waals surface area (Å²) in [6.07, 6.45) is 0. The van der Waals surface area contributed by atoms with Gasteiger partial charge in [-0.3, -0.25) is 0 Å². The van der Waals surface area contributed by atoms with Crippen LogP contribution in [0.3, 0.4) is 0 Å². The number of amidine groups is 1. The van der Waals surface area contributed by atoms with Gasteiger partial charge in [-0.25, -0.2) is 0 Å². The van der Waals surface area contributed by atoms with E-state index in [1.807, 2.05) is 37.2 Å². The van der Waals surface area contributed by atoms with Crippen molar-refractivity contribution in [2.45, 2.75) is 10.1 Å². The largest absolute Gasteiger partial charge is 0.409 e. The van der Waals surface area contributed by atoms with Crippen LogP contribution in [0.5, 0.6) is 0 Å². The smallest absolute Gasteiger partial charge is 0.208 e. The predicted octanol–water partition coefficient (Wildman–Crippen LogP) is 1.99. The molecule has 0 amide bonds. The van der Waals surface area contributed by atoms with E-state index in [9.17, 15) is 0 Å². The number of thioether (sulfide) groups is 1. The molecule has 0 atom stereocenters. The molecule has 0 saturated heterocycles. The van der Waals surface area contributed by atoms with Crippen molar-refractivity contribution in [1.82, 2.24) is 10.2 Å². The first-order valence-electron chi connectivity index (χ1n) is 5.80. The first-order chi connectivity index (χ1) is 9.60. The van der Waals surface area contributed by atoms with Crippen LogP contribution in [0.25, 0.3) is 0 Å². The molecule has 0 saturated carbocycles. The molecule has 1 aromatic carbocycles. The van der Waals surface area contributed by atoms with Crippen LogP contribution in [0.15, 0.2) is 33.8 Å². The van der Waals surface area contributed by atoms with Crippen molar-refractivity contribution in [3.63, 3.8) is 0 Å². The second kappa shape index (κ2) is 6.58. The molecule has 1 aromatic heterocycles. The first-order valence-corrected chi connectivity index (χ1v) is 7.61. The summed E-state index contributed by atoms with van der Waals surface area (Å²) < 4.78 is 0.919. The third kappa shape index (κ3) is 3.61. The second-order valence-corrected chi connectivity index (χ2v) is 6.40. The van der Waals surface area contributed by atoms with Gasteiger partial charge in [0.1, 0.15) is 0 Å². The average Bonchev–Trinajstić information content (AvgIpc) is 2.93. The van der Waals surface area contributed by atoms with Crippen molar-refractivity contribution in [3.05, 3.63) is 35.4 Å². The molecule has 0 fully saturated rings. The summed E-state index contributed by atoms with van der Waals surface area (Å²) in [5.74, 6) is 0.872. The molecular formula is C12H15N5OS2. The van der Waals surface area contributed by atoms with Crippen LogP contribution in [0.4, 0.5) is 5.13 Å². The Morgan fingerprint density at radius 3 is 2.90 bits per heavy atom. The topological polar surface area (TPSA) is 87.6 Å². The number of benzene rings is 1. The molecule has 0 unspecified atom stereocenters. The third-order valence-corrected chi connectivity index (χ3v) is 4.77. The Morgan fingerprint density at radius 2 is 2.25 bits per heavy atom. The van der Waals surface area contributed by atoms with Crippen molar-refractivity contribution < 1.29 is 5.21 Å². The fourth-order valence-electron chi connectivity index (χ4n) is 1.46. The number of oxime groups is 1. The van der Waals surface area contributed by atoms with Gasteiger partial charge in [-0.1, -0.05) is 46.5 Å². The van der Waals surface area contributed by atoms with Crippen LogP contribution >= 0.6 is 23.1 Å². The van der Waals surface area contributed by atoms with Crippen LogP contribution in [0, 0.1) is 0 Å². The van der Waals surface area contributed by atoms with Crippen molar-refractivity contribution >= 4 is 34.1 Å². The molecular weight excluding hydrogens is 294 g/mol. The van der Waals surface area contributed by atoms with E-state index in [4.69, 9.17) is 10.9 Å². The highest BCUT2D eigenvalue weighted by atomic mass is 32.2. The number of anilines is 1. The normalized spacial score (nSPS) is 11.6. The Morgan fingerprint density at radius 1 is 1.45 bits per heavy atom. The standard InChI is InChI=1S/C12H15N5OS2/c1-17(2)11-14-15-12(20-11)19-7-8-4-3-5-9(6-8)10(13)16-18/h3-6,18H,7H2,1-2H3,(H2,13,16). The summed E-state index contributed by atoms with van der Waals surface area (Å²) in [5.41, 5.74) is 7.36. The van der Waals surface area contributed by atoms with E-state index in [-0.39, 0.29) is 5.84 Å². The minimum atomic E-state index is 0.114. The van der Waals surface area contributed by atoms with E-state index in [2.05, 4.69) is 15.4 Å². The Labute approximate surface area is 125 Å². The van der Waals surface area contributed by atoms with Gasteiger partial charge in [0.15, 0.2) is 10.2 Å². The molecule has 0 spiro atoms. The molecule has 0 bridgehead atoms. The lowest BCUT2D eigenvalue weighted by Crippen LogP contribution is -2.13. The van der Waals surface area contributed by atoms with Crippen LogP contribution in [0.1, 0.15) is 11.1 Å². The molecule has 20 heavy (non-hydrogen) atoms. The van der Waals surface area contributed by atoms with E-state index in [0.29, 0.717) is 5.56 Å². The van der Waals surface area contributed by atoms with Gasteiger partial charge in [-0.2, -0.15) is 0 Å². The lowest BCUT2D eigenvalue weighted by molar-refractivity contribution is 0.318. The molecule has 0 aliphatic heterocycles. The molecule has 2 aromatic rings. The van der Waals surface area contributed by atoms with E-state index in [1.165, 1.54) is 0 Å². The van der Waals surface area contributed by atoms with Crippen molar-refractivity contribution in [1.29, 1.82) is 0 Å². The fourth-order valence-corrected chi connectivity index (χ4v) is 3.17. The summed E-state index contributed by atoms with van der Waals surface area (Å²) in [4.78, 5) is 1.93. The molecule has 1 heterocycles. The highest BCUT2D eigenvalue weighted by molar-refractivity contribution is 8.00. The van der Waals surface area contributed by atoms with Gasteiger partial charge in [0.05, 0.1) is 0 Å². The van der Waals surface area contributed by atoms with Crippen molar-refractivity contribution in [3.8, 4) is 0 Å². The van der Waals surface area contributed by atoms with Gasteiger partial charge in [-0.05, 0) is 11.6 Å². The summed E-state index contributed by atoms with van der Waals surface area (Å²) in [6, 6.07) is 7.58. The highest BCUT2D eigenvalue weighted by Crippen LogP contribution is 2.29. The first kappa shape index (κ1) is 14.6. The molecule has 3 N–H and O–H groups in total. The molecule has 6 nitrogen and oxygen atoms in total. The number of nitrogens with zero attached hydrogens (tertiary/aromatic N) is 4. The third-order valence-electron chi connectivity index (χ3n) is 2.47. The van der Waals surface area contributed by atoms with E-state index >= 15 is 0 Å². The van der Waals surface area contributed by atoms with Crippen molar-refractivity contribution in [2.24, 2.45) is 10.9 Å². The van der Waals surface area contributed by atoms with Crippen molar-refractivity contribution in [2.75, 3.05) is 19.0 Å². The maximum Gasteiger partial charge on any atom is 0.208 e. The molecule has 0 aliphatic rings. The molecule has 0 aliphatic carbocycles. The van der Waals surface area contributed by atoms with Crippen LogP contribution in [0.2, 0.25) is 0 Å².